The van der Waals surface area contributed by atoms with Crippen molar-refractivity contribution in [3.8, 4) is 0 Å². The SMILES string of the molecule is CN=C(NCC1CCN(CCOC)CC1)NC(C)c1ccccc1. The number of methoxy groups -OCH3 is 1. The van der Waals surface area contributed by atoms with E-state index < -0.39 is 0 Å². The average Bonchev–Trinajstić information content (AvgIpc) is 2.64. The van der Waals surface area contributed by atoms with Crippen LogP contribution in [0.3, 0.4) is 0 Å². The number of aliphatic imine (C=N–C) groups is 1. The first-order chi connectivity index (χ1) is 11.7. The third-order valence-corrected chi connectivity index (χ3v) is 4.75. The predicted octanol–water partition coefficient (Wildman–Crippen LogP) is 2.27. The molecule has 5 nitrogen and oxygen atoms in total. The Labute approximate surface area is 146 Å². The zero-order valence-electron chi connectivity index (χ0n) is 15.3. The van der Waals surface area contributed by atoms with E-state index in [1.807, 2.05) is 13.1 Å². The van der Waals surface area contributed by atoms with E-state index in [0.717, 1.165) is 31.6 Å². The molecule has 1 aliphatic rings. The maximum absolute atomic E-state index is 5.16. The normalized spacial score (nSPS) is 18.4. The molecule has 1 saturated heterocycles. The highest BCUT2D eigenvalue weighted by molar-refractivity contribution is 5.80. The molecule has 0 aliphatic carbocycles. The lowest BCUT2D eigenvalue weighted by atomic mass is 9.97. The quantitative estimate of drug-likeness (QED) is 0.594. The van der Waals surface area contributed by atoms with Crippen molar-refractivity contribution in [2.75, 3.05) is 46.9 Å². The molecule has 1 aliphatic heterocycles. The molecular formula is C19H32N4O. The van der Waals surface area contributed by atoms with Gasteiger partial charge in [-0.3, -0.25) is 4.99 Å². The predicted molar refractivity (Wildman–Crippen MR) is 100 cm³/mol. The van der Waals surface area contributed by atoms with E-state index in [4.69, 9.17) is 4.74 Å². The second kappa shape index (κ2) is 10.3. The van der Waals surface area contributed by atoms with Crippen LogP contribution in [-0.2, 0) is 4.74 Å². The fraction of sp³-hybridized carbons (Fsp3) is 0.632. The Kier molecular flexibility index (Phi) is 8.05. The topological polar surface area (TPSA) is 48.9 Å². The number of benzene rings is 1. The molecule has 24 heavy (non-hydrogen) atoms. The molecule has 1 heterocycles. The second-order valence-corrected chi connectivity index (χ2v) is 6.51. The summed E-state index contributed by atoms with van der Waals surface area (Å²) in [6.45, 7) is 7.37. The number of guanidine groups is 1. The summed E-state index contributed by atoms with van der Waals surface area (Å²) in [4.78, 5) is 6.85. The highest BCUT2D eigenvalue weighted by atomic mass is 16.5. The number of piperidine rings is 1. The maximum Gasteiger partial charge on any atom is 0.191 e. The number of hydrogen-bond donors (Lipinski definition) is 2. The van der Waals surface area contributed by atoms with Gasteiger partial charge < -0.3 is 20.3 Å². The van der Waals surface area contributed by atoms with E-state index in [-0.39, 0.29) is 6.04 Å². The number of nitrogens with one attached hydrogen (secondary N) is 2. The molecule has 1 fully saturated rings. The van der Waals surface area contributed by atoms with Crippen LogP contribution in [0.4, 0.5) is 0 Å². The van der Waals surface area contributed by atoms with Crippen LogP contribution in [0.25, 0.3) is 0 Å². The van der Waals surface area contributed by atoms with E-state index in [1.165, 1.54) is 31.5 Å². The van der Waals surface area contributed by atoms with E-state index in [2.05, 4.69) is 51.7 Å². The van der Waals surface area contributed by atoms with Gasteiger partial charge in [-0.25, -0.2) is 0 Å². The minimum absolute atomic E-state index is 0.244. The Hall–Kier alpha value is -1.59. The lowest BCUT2D eigenvalue weighted by molar-refractivity contribution is 0.121. The van der Waals surface area contributed by atoms with Gasteiger partial charge in [0.2, 0.25) is 0 Å². The van der Waals surface area contributed by atoms with Crippen LogP contribution < -0.4 is 10.6 Å². The summed E-state index contributed by atoms with van der Waals surface area (Å²) in [5, 5.41) is 6.96. The summed E-state index contributed by atoms with van der Waals surface area (Å²) in [6, 6.07) is 10.7. The molecule has 1 unspecified atom stereocenters. The Morgan fingerprint density at radius 3 is 2.62 bits per heavy atom. The number of nitrogens with zero attached hydrogens (tertiary/aromatic N) is 2. The smallest absolute Gasteiger partial charge is 0.191 e. The largest absolute Gasteiger partial charge is 0.383 e. The number of likely N-dealkylation sites (tertiary alicyclic amines) is 1. The fourth-order valence-electron chi connectivity index (χ4n) is 3.10. The second-order valence-electron chi connectivity index (χ2n) is 6.51. The van der Waals surface area contributed by atoms with Gasteiger partial charge in [0.05, 0.1) is 12.6 Å². The molecule has 0 spiro atoms. The molecule has 0 radical (unpaired) electrons. The monoisotopic (exact) mass is 332 g/mol. The lowest BCUT2D eigenvalue weighted by Gasteiger charge is -2.32. The lowest BCUT2D eigenvalue weighted by Crippen LogP contribution is -2.43. The van der Waals surface area contributed by atoms with Gasteiger partial charge in [-0.15, -0.1) is 0 Å². The van der Waals surface area contributed by atoms with Crippen LogP contribution in [0.5, 0.6) is 0 Å². The molecule has 1 aromatic rings. The zero-order valence-corrected chi connectivity index (χ0v) is 15.3. The highest BCUT2D eigenvalue weighted by Gasteiger charge is 2.19. The Morgan fingerprint density at radius 1 is 1.29 bits per heavy atom. The average molecular weight is 332 g/mol. The Morgan fingerprint density at radius 2 is 2.00 bits per heavy atom. The van der Waals surface area contributed by atoms with E-state index in [9.17, 15) is 0 Å². The Bertz CT molecular complexity index is 483. The van der Waals surface area contributed by atoms with Gasteiger partial charge in [0.25, 0.3) is 0 Å². The van der Waals surface area contributed by atoms with Gasteiger partial charge in [-0.2, -0.15) is 0 Å². The van der Waals surface area contributed by atoms with Gasteiger partial charge in [-0.1, -0.05) is 30.3 Å². The minimum Gasteiger partial charge on any atom is -0.383 e. The summed E-state index contributed by atoms with van der Waals surface area (Å²) in [5.41, 5.74) is 1.27. The molecule has 5 heteroatoms. The summed E-state index contributed by atoms with van der Waals surface area (Å²) in [6.07, 6.45) is 2.48. The van der Waals surface area contributed by atoms with Gasteiger partial charge in [0.1, 0.15) is 0 Å². The van der Waals surface area contributed by atoms with Gasteiger partial charge >= 0.3 is 0 Å². The van der Waals surface area contributed by atoms with Crippen molar-refractivity contribution in [1.82, 2.24) is 15.5 Å². The van der Waals surface area contributed by atoms with Crippen LogP contribution in [0.1, 0.15) is 31.4 Å². The third-order valence-electron chi connectivity index (χ3n) is 4.75. The maximum atomic E-state index is 5.16. The van der Waals surface area contributed by atoms with Gasteiger partial charge in [0, 0.05) is 27.2 Å². The first-order valence-corrected chi connectivity index (χ1v) is 8.96. The first-order valence-electron chi connectivity index (χ1n) is 8.96. The van der Waals surface area contributed by atoms with Crippen molar-refractivity contribution in [3.63, 3.8) is 0 Å². The van der Waals surface area contributed by atoms with E-state index >= 15 is 0 Å². The van der Waals surface area contributed by atoms with Crippen molar-refractivity contribution in [1.29, 1.82) is 0 Å². The van der Waals surface area contributed by atoms with Gasteiger partial charge in [-0.05, 0) is 44.3 Å². The van der Waals surface area contributed by atoms with Crippen LogP contribution in [0.15, 0.2) is 35.3 Å². The van der Waals surface area contributed by atoms with Crippen molar-refractivity contribution in [3.05, 3.63) is 35.9 Å². The zero-order chi connectivity index (χ0) is 17.2. The first kappa shape index (κ1) is 18.7. The molecule has 134 valence electrons. The van der Waals surface area contributed by atoms with Crippen molar-refractivity contribution < 1.29 is 4.74 Å². The highest BCUT2D eigenvalue weighted by Crippen LogP contribution is 2.16. The Balaban J connectivity index is 1.71. The van der Waals surface area contributed by atoms with Crippen molar-refractivity contribution >= 4 is 5.96 Å². The molecule has 0 saturated carbocycles. The summed E-state index contributed by atoms with van der Waals surface area (Å²) >= 11 is 0. The van der Waals surface area contributed by atoms with E-state index in [0.29, 0.717) is 0 Å². The minimum atomic E-state index is 0.244. The van der Waals surface area contributed by atoms with Crippen molar-refractivity contribution in [2.45, 2.75) is 25.8 Å². The van der Waals surface area contributed by atoms with Crippen LogP contribution in [0.2, 0.25) is 0 Å². The third kappa shape index (κ3) is 6.13. The van der Waals surface area contributed by atoms with Crippen LogP contribution in [0, 0.1) is 5.92 Å². The molecular weight excluding hydrogens is 300 g/mol. The molecule has 1 atom stereocenters. The molecule has 0 amide bonds. The molecule has 0 bridgehead atoms. The summed E-state index contributed by atoms with van der Waals surface area (Å²) in [5.74, 6) is 1.60. The van der Waals surface area contributed by atoms with Gasteiger partial charge in [0.15, 0.2) is 5.96 Å². The number of hydrogen-bond acceptors (Lipinski definition) is 3. The summed E-state index contributed by atoms with van der Waals surface area (Å²) in [7, 11) is 3.60. The molecule has 1 aromatic carbocycles. The van der Waals surface area contributed by atoms with Crippen molar-refractivity contribution in [2.24, 2.45) is 10.9 Å². The number of rotatable bonds is 7. The fourth-order valence-corrected chi connectivity index (χ4v) is 3.10. The molecule has 2 N–H and O–H groups in total. The molecule has 2 rings (SSSR count). The number of ether oxygens (including phenoxy) is 1. The standard InChI is InChI=1S/C19H32N4O/c1-16(18-7-5-4-6-8-18)22-19(20-2)21-15-17-9-11-23(12-10-17)13-14-24-3/h4-8,16-17H,9-15H2,1-3H3,(H2,20,21,22). The van der Waals surface area contributed by atoms with Crippen LogP contribution >= 0.6 is 0 Å². The molecule has 0 aromatic heterocycles. The van der Waals surface area contributed by atoms with E-state index in [1.54, 1.807) is 7.11 Å². The summed E-state index contributed by atoms with van der Waals surface area (Å²) < 4.78 is 5.16. The van der Waals surface area contributed by atoms with Crippen LogP contribution in [-0.4, -0.2) is 57.8 Å².